The predicted molar refractivity (Wildman–Crippen MR) is 126 cm³/mol. The molecule has 4 rings (SSSR count). The number of nitrogens with one attached hydrogen (secondary N) is 3. The van der Waals surface area contributed by atoms with E-state index in [0.29, 0.717) is 6.54 Å². The van der Waals surface area contributed by atoms with Gasteiger partial charge in [0.2, 0.25) is 0 Å². The molecule has 3 N–H and O–H groups in total. The molecule has 1 saturated heterocycles. The summed E-state index contributed by atoms with van der Waals surface area (Å²) in [4.78, 5) is 15.4. The van der Waals surface area contributed by atoms with Gasteiger partial charge in [-0.2, -0.15) is 18.3 Å². The van der Waals surface area contributed by atoms with E-state index in [2.05, 4.69) is 25.9 Å². The highest BCUT2D eigenvalue weighted by Crippen LogP contribution is 2.44. The van der Waals surface area contributed by atoms with Gasteiger partial charge in [-0.3, -0.25) is 9.69 Å². The molecule has 11 heteroatoms. The Balaban J connectivity index is 1.42. The van der Waals surface area contributed by atoms with Crippen LogP contribution in [0.2, 0.25) is 0 Å². The summed E-state index contributed by atoms with van der Waals surface area (Å²) < 4.78 is 47.9. The van der Waals surface area contributed by atoms with Crippen LogP contribution in [0.15, 0.2) is 36.5 Å². The van der Waals surface area contributed by atoms with Crippen molar-refractivity contribution in [2.75, 3.05) is 51.3 Å². The minimum atomic E-state index is -4.49. The van der Waals surface area contributed by atoms with Crippen LogP contribution in [0.3, 0.4) is 0 Å². The predicted octanol–water partition coefficient (Wildman–Crippen LogP) is 2.97. The van der Waals surface area contributed by atoms with E-state index >= 15 is 0 Å². The van der Waals surface area contributed by atoms with Crippen LogP contribution in [-0.2, 0) is 4.74 Å². The van der Waals surface area contributed by atoms with Gasteiger partial charge in [0.05, 0.1) is 25.5 Å². The Kier molecular flexibility index (Phi) is 7.67. The number of aromatic nitrogens is 2. The zero-order chi connectivity index (χ0) is 25.1. The minimum absolute atomic E-state index is 0.0843. The third-order valence-corrected chi connectivity index (χ3v) is 6.41. The fraction of sp³-hybridized carbons (Fsp3) is 0.583. The van der Waals surface area contributed by atoms with Crippen LogP contribution in [0.5, 0.6) is 0 Å². The van der Waals surface area contributed by atoms with E-state index in [1.807, 2.05) is 19.9 Å². The fourth-order valence-electron chi connectivity index (χ4n) is 4.51. The number of halogens is 3. The molecule has 1 unspecified atom stereocenters. The van der Waals surface area contributed by atoms with Crippen LogP contribution in [-0.4, -0.2) is 78.2 Å². The Morgan fingerprint density at radius 2 is 1.91 bits per heavy atom. The van der Waals surface area contributed by atoms with Gasteiger partial charge in [0.25, 0.3) is 5.91 Å². The molecular formula is C24H33F3N6O2. The second-order valence-electron chi connectivity index (χ2n) is 9.72. The molecule has 0 spiro atoms. The third kappa shape index (κ3) is 6.33. The molecule has 0 radical (unpaired) electrons. The van der Waals surface area contributed by atoms with E-state index in [4.69, 9.17) is 4.74 Å². The average molecular weight is 495 g/mol. The van der Waals surface area contributed by atoms with E-state index in [1.54, 1.807) is 24.3 Å². The number of benzene rings is 1. The van der Waals surface area contributed by atoms with E-state index in [9.17, 15) is 18.0 Å². The maximum absolute atomic E-state index is 13.9. The van der Waals surface area contributed by atoms with Crippen LogP contribution >= 0.6 is 0 Å². The first-order valence-electron chi connectivity index (χ1n) is 11.9. The summed E-state index contributed by atoms with van der Waals surface area (Å²) in [6, 6.07) is 6.54. The Labute approximate surface area is 203 Å². The van der Waals surface area contributed by atoms with Crippen molar-refractivity contribution in [2.45, 2.75) is 44.1 Å². The standard InChI is InChI=1S/C24H33F3N6O2/c1-23(2,16-28-8-9-32-10-12-35-13-11-32)31-22(34)18-15-29-33-20(24(25,26)27)14-19(30-21(18)33)17-6-4-3-5-7-17/h3-7,15,19-20,28,30H,8-14,16H2,1-2H3,(H,31,34)/t19?,20-/m0/s1. The highest BCUT2D eigenvalue weighted by atomic mass is 19.4. The number of anilines is 1. The molecular weight excluding hydrogens is 461 g/mol. The lowest BCUT2D eigenvalue weighted by Crippen LogP contribution is -2.51. The Bertz CT molecular complexity index is 989. The molecule has 2 aliphatic rings. The Hall–Kier alpha value is -2.63. The second-order valence-corrected chi connectivity index (χ2v) is 9.72. The third-order valence-electron chi connectivity index (χ3n) is 6.41. The molecule has 192 valence electrons. The van der Waals surface area contributed by atoms with E-state index in [1.165, 1.54) is 6.20 Å². The summed E-state index contributed by atoms with van der Waals surface area (Å²) in [5, 5.41) is 13.4. The number of ether oxygens (including phenoxy) is 1. The van der Waals surface area contributed by atoms with E-state index < -0.39 is 29.7 Å². The molecule has 2 atom stereocenters. The van der Waals surface area contributed by atoms with E-state index in [0.717, 1.165) is 49.6 Å². The SMILES string of the molecule is CC(C)(CNCCN1CCOCC1)NC(=O)c1cnn2c1NC(c1ccccc1)C[C@H]2C(F)(F)F. The molecule has 8 nitrogen and oxygen atoms in total. The summed E-state index contributed by atoms with van der Waals surface area (Å²) in [6.07, 6.45) is -3.49. The minimum Gasteiger partial charge on any atom is -0.379 e. The number of rotatable bonds is 8. The maximum Gasteiger partial charge on any atom is 0.410 e. The largest absolute Gasteiger partial charge is 0.410 e. The summed E-state index contributed by atoms with van der Waals surface area (Å²) in [5.74, 6) is -0.380. The monoisotopic (exact) mass is 494 g/mol. The van der Waals surface area contributed by atoms with Gasteiger partial charge >= 0.3 is 6.18 Å². The number of hydrogen-bond donors (Lipinski definition) is 3. The molecule has 35 heavy (non-hydrogen) atoms. The zero-order valence-corrected chi connectivity index (χ0v) is 20.1. The first kappa shape index (κ1) is 25.5. The number of amides is 1. The lowest BCUT2D eigenvalue weighted by molar-refractivity contribution is -0.173. The number of nitrogens with zero attached hydrogens (tertiary/aromatic N) is 3. The van der Waals surface area contributed by atoms with Crippen molar-refractivity contribution in [2.24, 2.45) is 0 Å². The zero-order valence-electron chi connectivity index (χ0n) is 20.1. The molecule has 1 amide bonds. The number of morpholine rings is 1. The van der Waals surface area contributed by atoms with E-state index in [-0.39, 0.29) is 17.8 Å². The summed E-state index contributed by atoms with van der Waals surface area (Å²) in [6.45, 7) is 9.21. The van der Waals surface area contributed by atoms with Gasteiger partial charge in [-0.05, 0) is 19.4 Å². The van der Waals surface area contributed by atoms with Gasteiger partial charge in [-0.25, -0.2) is 4.68 Å². The molecule has 3 heterocycles. The molecule has 2 aromatic rings. The quantitative estimate of drug-likeness (QED) is 0.490. The fourth-order valence-corrected chi connectivity index (χ4v) is 4.51. The molecule has 1 aromatic heterocycles. The maximum atomic E-state index is 13.9. The highest BCUT2D eigenvalue weighted by Gasteiger charge is 2.47. The first-order valence-corrected chi connectivity index (χ1v) is 11.9. The smallest absolute Gasteiger partial charge is 0.379 e. The molecule has 1 aromatic carbocycles. The molecule has 2 aliphatic heterocycles. The molecule has 0 aliphatic carbocycles. The number of fused-ring (bicyclic) bond motifs is 1. The Morgan fingerprint density at radius 1 is 1.20 bits per heavy atom. The summed E-state index contributed by atoms with van der Waals surface area (Å²) >= 11 is 0. The summed E-state index contributed by atoms with van der Waals surface area (Å²) in [7, 11) is 0. The lowest BCUT2D eigenvalue weighted by Gasteiger charge is -2.34. The van der Waals surface area contributed by atoms with Gasteiger partial charge in [0, 0.05) is 44.7 Å². The van der Waals surface area contributed by atoms with Crippen molar-refractivity contribution >= 4 is 11.7 Å². The normalized spacial score (nSPS) is 21.3. The van der Waals surface area contributed by atoms with Crippen LogP contribution in [0.1, 0.15) is 48.3 Å². The van der Waals surface area contributed by atoms with Gasteiger partial charge in [-0.1, -0.05) is 30.3 Å². The van der Waals surface area contributed by atoms with Crippen molar-refractivity contribution in [3.8, 4) is 0 Å². The second kappa shape index (κ2) is 10.5. The number of carbonyl (C=O) groups excluding carboxylic acids is 1. The van der Waals surface area contributed by atoms with Gasteiger partial charge in [0.15, 0.2) is 6.04 Å². The van der Waals surface area contributed by atoms with Crippen LogP contribution in [0.4, 0.5) is 19.0 Å². The van der Waals surface area contributed by atoms with Crippen molar-refractivity contribution in [3.63, 3.8) is 0 Å². The van der Waals surface area contributed by atoms with Gasteiger partial charge < -0.3 is 20.7 Å². The van der Waals surface area contributed by atoms with Crippen LogP contribution in [0.25, 0.3) is 0 Å². The van der Waals surface area contributed by atoms with Gasteiger partial charge in [0.1, 0.15) is 11.4 Å². The van der Waals surface area contributed by atoms with Crippen LogP contribution in [0, 0.1) is 0 Å². The number of carbonyl (C=O) groups is 1. The highest BCUT2D eigenvalue weighted by molar-refractivity contribution is 5.99. The topological polar surface area (TPSA) is 83.5 Å². The molecule has 1 fully saturated rings. The molecule has 0 bridgehead atoms. The number of hydrogen-bond acceptors (Lipinski definition) is 6. The summed E-state index contributed by atoms with van der Waals surface area (Å²) in [5.41, 5.74) is 0.208. The number of alkyl halides is 3. The van der Waals surface area contributed by atoms with Crippen molar-refractivity contribution in [1.29, 1.82) is 0 Å². The molecule has 0 saturated carbocycles. The van der Waals surface area contributed by atoms with Crippen molar-refractivity contribution < 1.29 is 22.7 Å². The average Bonchev–Trinajstić information content (AvgIpc) is 3.26. The van der Waals surface area contributed by atoms with Crippen LogP contribution < -0.4 is 16.0 Å². The van der Waals surface area contributed by atoms with Crippen molar-refractivity contribution in [1.82, 2.24) is 25.3 Å². The van der Waals surface area contributed by atoms with Gasteiger partial charge in [-0.15, -0.1) is 0 Å². The first-order chi connectivity index (χ1) is 16.6. The Morgan fingerprint density at radius 3 is 2.60 bits per heavy atom. The lowest BCUT2D eigenvalue weighted by atomic mass is 9.96. The van der Waals surface area contributed by atoms with Crippen molar-refractivity contribution in [3.05, 3.63) is 47.7 Å².